The fourth-order valence-corrected chi connectivity index (χ4v) is 5.97. The van der Waals surface area contributed by atoms with Gasteiger partial charge in [-0.3, -0.25) is 9.78 Å². The molecule has 2 unspecified atom stereocenters. The lowest BCUT2D eigenvalue weighted by Gasteiger charge is -2.48. The molecular weight excluding hydrogens is 378 g/mol. The second-order valence-corrected chi connectivity index (χ2v) is 8.95. The number of likely N-dealkylation sites (tertiary alicyclic amines) is 1. The van der Waals surface area contributed by atoms with E-state index < -0.39 is 0 Å². The van der Waals surface area contributed by atoms with Gasteiger partial charge < -0.3 is 4.90 Å². The van der Waals surface area contributed by atoms with Gasteiger partial charge in [-0.1, -0.05) is 43.2 Å². The summed E-state index contributed by atoms with van der Waals surface area (Å²) in [4.78, 5) is 24.3. The Labute approximate surface area is 175 Å². The number of nitrogens with zero attached hydrogens (tertiary/aromatic N) is 3. The Bertz CT molecular complexity index is 972. The van der Waals surface area contributed by atoms with Crippen molar-refractivity contribution in [2.75, 3.05) is 6.54 Å². The average Bonchev–Trinajstić information content (AvgIpc) is 3.29. The molecule has 29 heavy (non-hydrogen) atoms. The van der Waals surface area contributed by atoms with E-state index in [1.807, 2.05) is 17.5 Å². The lowest BCUT2D eigenvalue weighted by molar-refractivity contribution is 0.0315. The van der Waals surface area contributed by atoms with Crippen LogP contribution in [0, 0.1) is 5.92 Å². The third-order valence-electron chi connectivity index (χ3n) is 6.52. The van der Waals surface area contributed by atoms with Crippen LogP contribution in [0.15, 0.2) is 60.2 Å². The van der Waals surface area contributed by atoms with Crippen molar-refractivity contribution >= 4 is 17.2 Å². The first kappa shape index (κ1) is 18.5. The van der Waals surface area contributed by atoms with Gasteiger partial charge in [-0.25, -0.2) is 4.98 Å². The van der Waals surface area contributed by atoms with Gasteiger partial charge in [-0.15, -0.1) is 11.3 Å². The summed E-state index contributed by atoms with van der Waals surface area (Å²) in [6, 6.07) is 15.1. The summed E-state index contributed by atoms with van der Waals surface area (Å²) >= 11 is 1.54. The number of amides is 1. The number of hydrogen-bond donors (Lipinski definition) is 0. The van der Waals surface area contributed by atoms with Gasteiger partial charge in [0.05, 0.1) is 0 Å². The molecule has 3 aromatic rings. The summed E-state index contributed by atoms with van der Waals surface area (Å²) < 4.78 is 0. The summed E-state index contributed by atoms with van der Waals surface area (Å²) in [7, 11) is 0. The highest BCUT2D eigenvalue weighted by Crippen LogP contribution is 2.44. The fraction of sp³-hybridized carbons (Fsp3) is 0.375. The van der Waals surface area contributed by atoms with Crippen molar-refractivity contribution in [3.8, 4) is 10.6 Å². The van der Waals surface area contributed by atoms with E-state index in [0.29, 0.717) is 23.6 Å². The summed E-state index contributed by atoms with van der Waals surface area (Å²) in [6.45, 7) is 0.821. The Hall–Kier alpha value is -2.53. The molecule has 0 bridgehead atoms. The van der Waals surface area contributed by atoms with Crippen LogP contribution in [0.25, 0.3) is 10.6 Å². The molecule has 2 aromatic heterocycles. The third kappa shape index (κ3) is 3.60. The number of rotatable bonds is 3. The van der Waals surface area contributed by atoms with E-state index in [9.17, 15) is 4.79 Å². The van der Waals surface area contributed by atoms with E-state index in [0.717, 1.165) is 30.0 Å². The summed E-state index contributed by atoms with van der Waals surface area (Å²) in [6.07, 6.45) is 9.38. The molecule has 2 fully saturated rings. The van der Waals surface area contributed by atoms with Crippen LogP contribution in [0.3, 0.4) is 0 Å². The van der Waals surface area contributed by atoms with Crippen LogP contribution in [0.4, 0.5) is 0 Å². The SMILES string of the molecule is O=C(c1csc(-c2ccncc2)n1)N1CC[C@H](c2ccccc2)C2CCCCC21. The highest BCUT2D eigenvalue weighted by atomic mass is 32.1. The Kier molecular flexibility index (Phi) is 5.15. The van der Waals surface area contributed by atoms with Crippen molar-refractivity contribution in [2.45, 2.75) is 44.1 Å². The van der Waals surface area contributed by atoms with Crippen molar-refractivity contribution in [1.29, 1.82) is 0 Å². The minimum Gasteiger partial charge on any atom is -0.334 e. The van der Waals surface area contributed by atoms with E-state index >= 15 is 0 Å². The number of thiazole rings is 1. The molecule has 1 saturated heterocycles. The van der Waals surface area contributed by atoms with Gasteiger partial charge in [-0.05, 0) is 48.8 Å². The molecule has 148 valence electrons. The second kappa shape index (κ2) is 8.07. The van der Waals surface area contributed by atoms with Crippen molar-refractivity contribution < 1.29 is 4.79 Å². The molecule has 5 heteroatoms. The van der Waals surface area contributed by atoms with Crippen LogP contribution in [-0.4, -0.2) is 33.4 Å². The smallest absolute Gasteiger partial charge is 0.273 e. The molecule has 1 saturated carbocycles. The monoisotopic (exact) mass is 403 g/mol. The fourth-order valence-electron chi connectivity index (χ4n) is 5.17. The number of hydrogen-bond acceptors (Lipinski definition) is 4. The Morgan fingerprint density at radius 2 is 1.79 bits per heavy atom. The Balaban J connectivity index is 1.39. The van der Waals surface area contributed by atoms with Gasteiger partial charge in [0.25, 0.3) is 5.91 Å². The number of piperidine rings is 1. The van der Waals surface area contributed by atoms with Gasteiger partial charge in [0.15, 0.2) is 0 Å². The number of benzene rings is 1. The molecular formula is C24H25N3OS. The van der Waals surface area contributed by atoms with Gasteiger partial charge in [0.2, 0.25) is 0 Å². The van der Waals surface area contributed by atoms with Crippen molar-refractivity contribution in [1.82, 2.24) is 14.9 Å². The molecule has 3 heterocycles. The van der Waals surface area contributed by atoms with Crippen LogP contribution in [-0.2, 0) is 0 Å². The Morgan fingerprint density at radius 3 is 2.62 bits per heavy atom. The number of carbonyl (C=O) groups is 1. The van der Waals surface area contributed by atoms with Crippen molar-refractivity contribution in [3.63, 3.8) is 0 Å². The number of fused-ring (bicyclic) bond motifs is 1. The van der Waals surface area contributed by atoms with E-state index in [-0.39, 0.29) is 5.91 Å². The minimum absolute atomic E-state index is 0.102. The maximum absolute atomic E-state index is 13.4. The highest BCUT2D eigenvalue weighted by Gasteiger charge is 2.42. The summed E-state index contributed by atoms with van der Waals surface area (Å²) in [5.74, 6) is 1.22. The first-order valence-corrected chi connectivity index (χ1v) is 11.4. The normalized spacial score (nSPS) is 24.1. The zero-order valence-corrected chi connectivity index (χ0v) is 17.2. The minimum atomic E-state index is 0.102. The molecule has 2 aliphatic rings. The predicted molar refractivity (Wildman–Crippen MR) is 116 cm³/mol. The molecule has 1 aliphatic carbocycles. The quantitative estimate of drug-likeness (QED) is 0.589. The molecule has 4 nitrogen and oxygen atoms in total. The van der Waals surface area contributed by atoms with Crippen LogP contribution >= 0.6 is 11.3 Å². The molecule has 3 atom stereocenters. The van der Waals surface area contributed by atoms with E-state index in [1.54, 1.807) is 12.4 Å². The second-order valence-electron chi connectivity index (χ2n) is 8.09. The lowest BCUT2D eigenvalue weighted by atomic mass is 9.69. The molecule has 0 N–H and O–H groups in total. The van der Waals surface area contributed by atoms with E-state index in [2.05, 4.69) is 45.2 Å². The summed E-state index contributed by atoms with van der Waals surface area (Å²) in [5, 5.41) is 2.80. The van der Waals surface area contributed by atoms with Crippen molar-refractivity contribution in [2.24, 2.45) is 5.92 Å². The van der Waals surface area contributed by atoms with Gasteiger partial charge >= 0.3 is 0 Å². The largest absolute Gasteiger partial charge is 0.334 e. The number of pyridine rings is 1. The molecule has 1 aliphatic heterocycles. The van der Waals surface area contributed by atoms with Gasteiger partial charge in [0.1, 0.15) is 10.7 Å². The van der Waals surface area contributed by atoms with Crippen LogP contribution in [0.2, 0.25) is 0 Å². The number of carbonyl (C=O) groups excluding carboxylic acids is 1. The van der Waals surface area contributed by atoms with E-state index in [1.165, 1.54) is 36.2 Å². The Morgan fingerprint density at radius 1 is 1.00 bits per heavy atom. The molecule has 1 aromatic carbocycles. The topological polar surface area (TPSA) is 46.1 Å². The lowest BCUT2D eigenvalue weighted by Crippen LogP contribution is -2.52. The van der Waals surface area contributed by atoms with Gasteiger partial charge in [0, 0.05) is 35.9 Å². The zero-order valence-electron chi connectivity index (χ0n) is 16.4. The molecule has 0 spiro atoms. The van der Waals surface area contributed by atoms with E-state index in [4.69, 9.17) is 0 Å². The maximum Gasteiger partial charge on any atom is 0.273 e. The first-order valence-electron chi connectivity index (χ1n) is 10.5. The molecule has 5 rings (SSSR count). The third-order valence-corrected chi connectivity index (χ3v) is 7.41. The van der Waals surface area contributed by atoms with Crippen LogP contribution < -0.4 is 0 Å². The molecule has 1 amide bonds. The zero-order chi connectivity index (χ0) is 19.6. The van der Waals surface area contributed by atoms with Crippen LogP contribution in [0.1, 0.15) is 54.1 Å². The van der Waals surface area contributed by atoms with Crippen molar-refractivity contribution in [3.05, 3.63) is 71.5 Å². The highest BCUT2D eigenvalue weighted by molar-refractivity contribution is 7.13. The summed E-state index contributed by atoms with van der Waals surface area (Å²) in [5.41, 5.74) is 3.04. The average molecular weight is 404 g/mol. The molecule has 0 radical (unpaired) electrons. The standard InChI is InChI=1S/C24H25N3OS/c28-24(21-16-29-23(26-21)18-10-13-25-14-11-18)27-15-12-19(17-6-2-1-3-7-17)20-8-4-5-9-22(20)27/h1-3,6-7,10-11,13-14,16,19-20,22H,4-5,8-9,12,15H2/t19-,20?,22?/m1/s1. The first-order chi connectivity index (χ1) is 14.3. The van der Waals surface area contributed by atoms with Gasteiger partial charge in [-0.2, -0.15) is 0 Å². The van der Waals surface area contributed by atoms with Crippen LogP contribution in [0.5, 0.6) is 0 Å². The predicted octanol–water partition coefficient (Wildman–Crippen LogP) is 5.39. The maximum atomic E-state index is 13.4. The number of aromatic nitrogens is 2.